The maximum Gasteiger partial charge on any atom is 0.200 e. The lowest BCUT2D eigenvalue weighted by Crippen LogP contribution is -2.33. The number of nitrogens with one attached hydrogen (secondary N) is 1. The lowest BCUT2D eigenvalue weighted by Gasteiger charge is -2.36. The minimum Gasteiger partial charge on any atom is -0.502 e. The minimum atomic E-state index is -0.276. The molecular formula is C24H28FN3O3. The van der Waals surface area contributed by atoms with Crippen LogP contribution in [0.4, 0.5) is 4.39 Å². The Morgan fingerprint density at radius 3 is 2.55 bits per heavy atom. The fourth-order valence-corrected chi connectivity index (χ4v) is 4.35. The monoisotopic (exact) mass is 425 g/mol. The molecule has 1 aliphatic carbocycles. The Morgan fingerprint density at radius 1 is 1.19 bits per heavy atom. The van der Waals surface area contributed by atoms with Crippen LogP contribution in [0.1, 0.15) is 43.1 Å². The van der Waals surface area contributed by atoms with Crippen molar-refractivity contribution in [1.82, 2.24) is 15.1 Å². The predicted octanol–water partition coefficient (Wildman–Crippen LogP) is 4.54. The number of nitrogens with zero attached hydrogens (tertiary/aromatic N) is 2. The Balaban J connectivity index is 1.63. The molecule has 0 radical (unpaired) electrons. The molecule has 6 nitrogen and oxygen atoms in total. The highest BCUT2D eigenvalue weighted by atomic mass is 19.1. The highest BCUT2D eigenvalue weighted by molar-refractivity contribution is 5.52. The van der Waals surface area contributed by atoms with Crippen LogP contribution in [0.5, 0.6) is 17.2 Å². The zero-order chi connectivity index (χ0) is 22.2. The van der Waals surface area contributed by atoms with Crippen LogP contribution in [0.25, 0.3) is 5.69 Å². The minimum absolute atomic E-state index is 0.00814. The van der Waals surface area contributed by atoms with Crippen LogP contribution in [0.2, 0.25) is 0 Å². The summed E-state index contributed by atoms with van der Waals surface area (Å²) in [5.74, 6) is 0.465. The van der Waals surface area contributed by atoms with E-state index in [1.54, 1.807) is 18.2 Å². The maximum absolute atomic E-state index is 13.8. The first-order valence-electron chi connectivity index (χ1n) is 10.3. The van der Waals surface area contributed by atoms with Gasteiger partial charge in [0.25, 0.3) is 0 Å². The number of hydrogen-bond acceptors (Lipinski definition) is 5. The highest BCUT2D eigenvalue weighted by Gasteiger charge is 2.35. The second kappa shape index (κ2) is 8.23. The van der Waals surface area contributed by atoms with Gasteiger partial charge in [0, 0.05) is 23.8 Å². The van der Waals surface area contributed by atoms with Crippen molar-refractivity contribution >= 4 is 0 Å². The predicted molar refractivity (Wildman–Crippen MR) is 116 cm³/mol. The van der Waals surface area contributed by atoms with E-state index in [0.29, 0.717) is 18.0 Å². The topological polar surface area (TPSA) is 68.5 Å². The highest BCUT2D eigenvalue weighted by Crippen LogP contribution is 2.42. The average Bonchev–Trinajstić information content (AvgIpc) is 3.15. The maximum atomic E-state index is 13.8. The van der Waals surface area contributed by atoms with Gasteiger partial charge in [-0.3, -0.25) is 0 Å². The molecule has 0 bridgehead atoms. The lowest BCUT2D eigenvalue weighted by molar-refractivity contribution is 0.252. The summed E-state index contributed by atoms with van der Waals surface area (Å²) in [4.78, 5) is 0. The van der Waals surface area contributed by atoms with Gasteiger partial charge in [0.15, 0.2) is 11.5 Å². The fraction of sp³-hybridized carbons (Fsp3) is 0.375. The third-order valence-corrected chi connectivity index (χ3v) is 5.82. The van der Waals surface area contributed by atoms with Gasteiger partial charge in [-0.15, -0.1) is 0 Å². The van der Waals surface area contributed by atoms with Gasteiger partial charge >= 0.3 is 0 Å². The zero-order valence-corrected chi connectivity index (χ0v) is 18.3. The largest absolute Gasteiger partial charge is 0.502 e. The van der Waals surface area contributed by atoms with E-state index >= 15 is 0 Å². The Kier molecular flexibility index (Phi) is 5.62. The first-order valence-corrected chi connectivity index (χ1v) is 10.3. The molecule has 1 atom stereocenters. The normalized spacial score (nSPS) is 17.3. The van der Waals surface area contributed by atoms with Crippen molar-refractivity contribution in [2.75, 3.05) is 14.2 Å². The van der Waals surface area contributed by atoms with Gasteiger partial charge in [0.2, 0.25) is 5.75 Å². The van der Waals surface area contributed by atoms with Crippen molar-refractivity contribution in [1.29, 1.82) is 0 Å². The summed E-state index contributed by atoms with van der Waals surface area (Å²) in [7, 11) is 3.03. The quantitative estimate of drug-likeness (QED) is 0.607. The summed E-state index contributed by atoms with van der Waals surface area (Å²) in [6.45, 7) is 5.04. The van der Waals surface area contributed by atoms with E-state index in [2.05, 4.69) is 24.3 Å². The molecule has 0 unspecified atom stereocenters. The number of benzene rings is 2. The van der Waals surface area contributed by atoms with Crippen LogP contribution in [0.3, 0.4) is 0 Å². The smallest absolute Gasteiger partial charge is 0.200 e. The Labute approximate surface area is 181 Å². The van der Waals surface area contributed by atoms with Crippen molar-refractivity contribution in [3.63, 3.8) is 0 Å². The van der Waals surface area contributed by atoms with Gasteiger partial charge in [-0.05, 0) is 54.2 Å². The van der Waals surface area contributed by atoms with Crippen molar-refractivity contribution in [2.45, 2.75) is 39.3 Å². The first-order chi connectivity index (χ1) is 14.8. The molecule has 7 heteroatoms. The molecule has 3 aromatic rings. The first kappa shape index (κ1) is 21.2. The second-order valence-corrected chi connectivity index (χ2v) is 8.77. The fourth-order valence-electron chi connectivity index (χ4n) is 4.35. The van der Waals surface area contributed by atoms with E-state index in [1.165, 1.54) is 26.4 Å². The van der Waals surface area contributed by atoms with Crippen LogP contribution >= 0.6 is 0 Å². The summed E-state index contributed by atoms with van der Waals surface area (Å²) in [6.07, 6.45) is 3.68. The van der Waals surface area contributed by atoms with Crippen molar-refractivity contribution < 1.29 is 19.0 Å². The summed E-state index contributed by atoms with van der Waals surface area (Å²) in [6, 6.07) is 10.2. The zero-order valence-electron chi connectivity index (χ0n) is 18.3. The van der Waals surface area contributed by atoms with E-state index in [-0.39, 0.29) is 23.0 Å². The Morgan fingerprint density at radius 2 is 1.90 bits per heavy atom. The number of aromatic hydroxyl groups is 1. The molecule has 4 rings (SSSR count). The van der Waals surface area contributed by atoms with Crippen LogP contribution in [-0.2, 0) is 13.0 Å². The van der Waals surface area contributed by atoms with E-state index in [1.807, 2.05) is 16.9 Å². The van der Waals surface area contributed by atoms with Crippen LogP contribution in [0, 0.1) is 11.2 Å². The molecule has 0 saturated heterocycles. The molecule has 1 aromatic heterocycles. The van der Waals surface area contributed by atoms with E-state index < -0.39 is 0 Å². The third kappa shape index (κ3) is 4.23. The standard InChI is InChI=1S/C24H28FN3O3/c1-24(2)11-19(26-13-15-8-21(30-3)23(29)22(9-15)31-4)18-14-27-28(20(18)12-24)17-7-5-6-16(25)10-17/h5-10,14,19,26,29H,11-13H2,1-4H3/t19-/m0/s1. The summed E-state index contributed by atoms with van der Waals surface area (Å²) in [5.41, 5.74) is 3.95. The molecular weight excluding hydrogens is 397 g/mol. The number of aromatic nitrogens is 2. The van der Waals surface area contributed by atoms with Gasteiger partial charge in [-0.1, -0.05) is 19.9 Å². The number of hydrogen-bond donors (Lipinski definition) is 2. The number of phenols is 1. The second-order valence-electron chi connectivity index (χ2n) is 8.77. The van der Waals surface area contributed by atoms with Gasteiger partial charge in [0.05, 0.1) is 26.1 Å². The molecule has 1 heterocycles. The molecule has 2 aromatic carbocycles. The van der Waals surface area contributed by atoms with Gasteiger partial charge < -0.3 is 19.9 Å². The Bertz CT molecular complexity index is 1070. The van der Waals surface area contributed by atoms with Crippen LogP contribution in [0.15, 0.2) is 42.6 Å². The van der Waals surface area contributed by atoms with Crippen molar-refractivity contribution in [3.8, 4) is 22.9 Å². The molecule has 0 fully saturated rings. The van der Waals surface area contributed by atoms with Gasteiger partial charge in [0.1, 0.15) is 5.82 Å². The third-order valence-electron chi connectivity index (χ3n) is 5.82. The van der Waals surface area contributed by atoms with Gasteiger partial charge in [-0.25, -0.2) is 9.07 Å². The summed E-state index contributed by atoms with van der Waals surface area (Å²) in [5, 5.41) is 18.4. The van der Waals surface area contributed by atoms with Crippen molar-refractivity contribution in [2.24, 2.45) is 5.41 Å². The number of phenolic OH excluding ortho intramolecular Hbond substituents is 1. The van der Waals surface area contributed by atoms with Crippen molar-refractivity contribution in [3.05, 3.63) is 65.2 Å². The number of halogens is 1. The molecule has 31 heavy (non-hydrogen) atoms. The van der Waals surface area contributed by atoms with E-state index in [9.17, 15) is 9.50 Å². The summed E-state index contributed by atoms with van der Waals surface area (Å²) >= 11 is 0. The van der Waals surface area contributed by atoms with E-state index in [0.717, 1.165) is 35.3 Å². The number of methoxy groups -OCH3 is 2. The molecule has 0 aliphatic heterocycles. The molecule has 0 spiro atoms. The number of rotatable bonds is 6. The molecule has 0 amide bonds. The number of ether oxygens (including phenoxy) is 2. The molecule has 1 aliphatic rings. The van der Waals surface area contributed by atoms with Crippen LogP contribution in [-0.4, -0.2) is 29.1 Å². The average molecular weight is 426 g/mol. The Hall–Kier alpha value is -3.06. The molecule has 164 valence electrons. The van der Waals surface area contributed by atoms with Gasteiger partial charge in [-0.2, -0.15) is 5.10 Å². The molecule has 0 saturated carbocycles. The number of fused-ring (bicyclic) bond motifs is 1. The summed E-state index contributed by atoms with van der Waals surface area (Å²) < 4.78 is 26.2. The molecule has 2 N–H and O–H groups in total. The van der Waals surface area contributed by atoms with Crippen LogP contribution < -0.4 is 14.8 Å². The lowest BCUT2D eigenvalue weighted by atomic mass is 9.74. The SMILES string of the molecule is COc1cc(CN[C@H]2CC(C)(C)Cc3c2cnn3-c2cccc(F)c2)cc(OC)c1O. The van der Waals surface area contributed by atoms with E-state index in [4.69, 9.17) is 9.47 Å².